The first-order chi connectivity index (χ1) is 16.0. The lowest BCUT2D eigenvalue weighted by atomic mass is 9.94. The van der Waals surface area contributed by atoms with Crippen molar-refractivity contribution in [2.45, 2.75) is 45.7 Å². The van der Waals surface area contributed by atoms with E-state index < -0.39 is 0 Å². The second-order valence-electron chi connectivity index (χ2n) is 9.16. The predicted octanol–water partition coefficient (Wildman–Crippen LogP) is 4.88. The summed E-state index contributed by atoms with van der Waals surface area (Å²) < 4.78 is 2.20. The summed E-state index contributed by atoms with van der Waals surface area (Å²) in [6.45, 7) is 10.5. The lowest BCUT2D eigenvalue weighted by Crippen LogP contribution is -2.32. The van der Waals surface area contributed by atoms with E-state index in [-0.39, 0.29) is 0 Å². The maximum Gasteiger partial charge on any atom is 0.211 e. The standard InChI is InChI=1S/C27H31N5O/c1-17-21(7-5-9-23(17)28-16-33)22-8-6-10-24(18(22)2)29-19(3)27-30-25-15-32(20-11-12-20)14-13-26(25)31(27)4/h5-10,16,20,29H,3,11-15H2,1-2,4H3,(H,28,33). The molecule has 3 aromatic rings. The van der Waals surface area contributed by atoms with E-state index in [2.05, 4.69) is 58.9 Å². The van der Waals surface area contributed by atoms with Gasteiger partial charge in [0, 0.05) is 49.7 Å². The van der Waals surface area contributed by atoms with Gasteiger partial charge in [-0.15, -0.1) is 0 Å². The number of hydrogen-bond acceptors (Lipinski definition) is 4. The van der Waals surface area contributed by atoms with Crippen molar-refractivity contribution >= 4 is 23.5 Å². The van der Waals surface area contributed by atoms with Crippen LogP contribution in [0.3, 0.4) is 0 Å². The van der Waals surface area contributed by atoms with E-state index in [1.807, 2.05) is 25.1 Å². The highest BCUT2D eigenvalue weighted by molar-refractivity contribution is 5.84. The Bertz CT molecular complexity index is 1240. The van der Waals surface area contributed by atoms with Gasteiger partial charge in [0.15, 0.2) is 5.82 Å². The van der Waals surface area contributed by atoms with Gasteiger partial charge < -0.3 is 15.2 Å². The number of hydrogen-bond donors (Lipinski definition) is 2. The zero-order valence-corrected chi connectivity index (χ0v) is 19.6. The number of imidazole rings is 1. The summed E-state index contributed by atoms with van der Waals surface area (Å²) >= 11 is 0. The zero-order valence-electron chi connectivity index (χ0n) is 19.6. The zero-order chi connectivity index (χ0) is 23.1. The number of nitrogens with one attached hydrogen (secondary N) is 2. The molecule has 2 heterocycles. The van der Waals surface area contributed by atoms with Crippen molar-refractivity contribution in [2.75, 3.05) is 17.2 Å². The fourth-order valence-electron chi connectivity index (χ4n) is 5.00. The Morgan fingerprint density at radius 1 is 1.09 bits per heavy atom. The van der Waals surface area contributed by atoms with Gasteiger partial charge in [0.1, 0.15) is 0 Å². The molecule has 2 aliphatic rings. The van der Waals surface area contributed by atoms with E-state index in [0.29, 0.717) is 0 Å². The van der Waals surface area contributed by atoms with Crippen molar-refractivity contribution in [1.82, 2.24) is 14.5 Å². The smallest absolute Gasteiger partial charge is 0.211 e. The number of rotatable bonds is 7. The summed E-state index contributed by atoms with van der Waals surface area (Å²) in [5, 5.41) is 6.32. The average Bonchev–Trinajstić information content (AvgIpc) is 3.61. The molecule has 2 N–H and O–H groups in total. The highest BCUT2D eigenvalue weighted by Gasteiger charge is 2.33. The Morgan fingerprint density at radius 2 is 1.76 bits per heavy atom. The van der Waals surface area contributed by atoms with E-state index in [4.69, 9.17) is 4.98 Å². The summed E-state index contributed by atoms with van der Waals surface area (Å²) in [4.78, 5) is 18.5. The molecule has 1 aliphatic carbocycles. The van der Waals surface area contributed by atoms with Gasteiger partial charge in [-0.1, -0.05) is 30.8 Å². The fourth-order valence-corrected chi connectivity index (χ4v) is 5.00. The third-order valence-electron chi connectivity index (χ3n) is 7.08. The molecular formula is C27H31N5O. The number of benzene rings is 2. The van der Waals surface area contributed by atoms with E-state index in [1.165, 1.54) is 24.2 Å². The predicted molar refractivity (Wildman–Crippen MR) is 134 cm³/mol. The van der Waals surface area contributed by atoms with Gasteiger partial charge in [-0.25, -0.2) is 4.98 Å². The second kappa shape index (κ2) is 8.52. The van der Waals surface area contributed by atoms with Crippen LogP contribution in [0, 0.1) is 13.8 Å². The van der Waals surface area contributed by atoms with Gasteiger partial charge >= 0.3 is 0 Å². The number of carbonyl (C=O) groups is 1. The minimum absolute atomic E-state index is 0.720. The van der Waals surface area contributed by atoms with Crippen LogP contribution < -0.4 is 10.6 Å². The van der Waals surface area contributed by atoms with Crippen LogP contribution in [-0.4, -0.2) is 33.4 Å². The first-order valence-electron chi connectivity index (χ1n) is 11.6. The van der Waals surface area contributed by atoms with Crippen LogP contribution in [0.4, 0.5) is 11.4 Å². The van der Waals surface area contributed by atoms with Crippen molar-refractivity contribution in [1.29, 1.82) is 0 Å². The van der Waals surface area contributed by atoms with Crippen LogP contribution in [0.2, 0.25) is 0 Å². The van der Waals surface area contributed by atoms with E-state index in [0.717, 1.165) is 77.1 Å². The molecule has 0 radical (unpaired) electrons. The van der Waals surface area contributed by atoms with Crippen LogP contribution in [0.25, 0.3) is 16.8 Å². The van der Waals surface area contributed by atoms with Gasteiger partial charge in [-0.2, -0.15) is 0 Å². The molecule has 0 atom stereocenters. The van der Waals surface area contributed by atoms with E-state index in [9.17, 15) is 4.79 Å². The number of nitrogens with zero attached hydrogens (tertiary/aromatic N) is 3. The molecular weight excluding hydrogens is 410 g/mol. The Kier molecular flexibility index (Phi) is 5.54. The number of aromatic nitrogens is 2. The van der Waals surface area contributed by atoms with Crippen molar-refractivity contribution in [3.8, 4) is 11.1 Å². The number of anilines is 2. The molecule has 1 aromatic heterocycles. The Labute approximate surface area is 195 Å². The quantitative estimate of drug-likeness (QED) is 0.513. The molecule has 2 aromatic carbocycles. The molecule has 1 saturated carbocycles. The Balaban J connectivity index is 1.42. The van der Waals surface area contributed by atoms with Crippen LogP contribution in [0.5, 0.6) is 0 Å². The topological polar surface area (TPSA) is 62.2 Å². The van der Waals surface area contributed by atoms with Crippen molar-refractivity contribution in [3.63, 3.8) is 0 Å². The Morgan fingerprint density at radius 3 is 2.42 bits per heavy atom. The molecule has 1 fully saturated rings. The molecule has 6 heteroatoms. The molecule has 0 spiro atoms. The van der Waals surface area contributed by atoms with Gasteiger partial charge in [-0.3, -0.25) is 9.69 Å². The van der Waals surface area contributed by atoms with E-state index >= 15 is 0 Å². The number of fused-ring (bicyclic) bond motifs is 1. The van der Waals surface area contributed by atoms with Crippen LogP contribution >= 0.6 is 0 Å². The van der Waals surface area contributed by atoms with Crippen molar-refractivity contribution in [2.24, 2.45) is 7.05 Å². The molecule has 0 unspecified atom stereocenters. The molecule has 0 bridgehead atoms. The van der Waals surface area contributed by atoms with Gasteiger partial charge in [0.05, 0.1) is 11.4 Å². The SMILES string of the molecule is C=C(Nc1cccc(-c2cccc(NC=O)c2C)c1C)c1nc2c(n1C)CCN(C1CC1)C2. The first-order valence-corrected chi connectivity index (χ1v) is 11.6. The second-order valence-corrected chi connectivity index (χ2v) is 9.16. The minimum atomic E-state index is 0.720. The summed E-state index contributed by atoms with van der Waals surface area (Å²) in [7, 11) is 2.10. The molecule has 6 nitrogen and oxygen atoms in total. The normalized spacial score (nSPS) is 15.7. The van der Waals surface area contributed by atoms with Crippen molar-refractivity contribution < 1.29 is 4.79 Å². The summed E-state index contributed by atoms with van der Waals surface area (Å²) in [6, 6.07) is 13.0. The summed E-state index contributed by atoms with van der Waals surface area (Å²) in [5.74, 6) is 0.899. The molecule has 0 saturated heterocycles. The number of carbonyl (C=O) groups excluding carboxylic acids is 1. The van der Waals surface area contributed by atoms with Gasteiger partial charge in [-0.05, 0) is 61.1 Å². The molecule has 1 aliphatic heterocycles. The molecule has 5 rings (SSSR count). The van der Waals surface area contributed by atoms with Crippen molar-refractivity contribution in [3.05, 3.63) is 71.3 Å². The molecule has 33 heavy (non-hydrogen) atoms. The maximum absolute atomic E-state index is 11.0. The largest absolute Gasteiger partial charge is 0.353 e. The van der Waals surface area contributed by atoms with E-state index in [1.54, 1.807) is 0 Å². The van der Waals surface area contributed by atoms with Gasteiger partial charge in [0.2, 0.25) is 6.41 Å². The third kappa shape index (κ3) is 3.95. The van der Waals surface area contributed by atoms with Crippen LogP contribution in [0.15, 0.2) is 43.0 Å². The maximum atomic E-state index is 11.0. The lowest BCUT2D eigenvalue weighted by Gasteiger charge is -2.26. The first kappa shape index (κ1) is 21.5. The Hall–Kier alpha value is -3.38. The third-order valence-corrected chi connectivity index (χ3v) is 7.08. The monoisotopic (exact) mass is 441 g/mol. The lowest BCUT2D eigenvalue weighted by molar-refractivity contribution is -0.105. The highest BCUT2D eigenvalue weighted by Crippen LogP contribution is 2.35. The minimum Gasteiger partial charge on any atom is -0.353 e. The number of amides is 1. The van der Waals surface area contributed by atoms with Crippen LogP contribution in [-0.2, 0) is 24.8 Å². The fraction of sp³-hybridized carbons (Fsp3) is 0.333. The summed E-state index contributed by atoms with van der Waals surface area (Å²) in [6.07, 6.45) is 4.41. The molecule has 1 amide bonds. The van der Waals surface area contributed by atoms with Gasteiger partial charge in [0.25, 0.3) is 0 Å². The van der Waals surface area contributed by atoms with Crippen LogP contribution in [0.1, 0.15) is 41.2 Å². The molecule has 170 valence electrons. The highest BCUT2D eigenvalue weighted by atomic mass is 16.1. The summed E-state index contributed by atoms with van der Waals surface area (Å²) in [5.41, 5.74) is 9.54. The average molecular weight is 442 g/mol.